The lowest BCUT2D eigenvalue weighted by Gasteiger charge is -2.21. The number of carbonyl (C=O) groups is 1. The van der Waals surface area contributed by atoms with Crippen LogP contribution in [0.2, 0.25) is 0 Å². The molecule has 0 amide bonds. The summed E-state index contributed by atoms with van der Waals surface area (Å²) in [6.45, 7) is 0. The quantitative estimate of drug-likeness (QED) is 0.592. The Kier molecular flexibility index (Phi) is 1.68. The van der Waals surface area contributed by atoms with Gasteiger partial charge in [0.2, 0.25) is 0 Å². The summed E-state index contributed by atoms with van der Waals surface area (Å²) in [6.07, 6.45) is 6.40. The Morgan fingerprint density at radius 2 is 2.25 bits per heavy atom. The van der Waals surface area contributed by atoms with Crippen LogP contribution in [0.4, 0.5) is 0 Å². The monoisotopic (exact) mass is 167 g/mol. The molecular weight excluding hydrogens is 154 g/mol. The van der Waals surface area contributed by atoms with Crippen molar-refractivity contribution >= 4 is 5.97 Å². The van der Waals surface area contributed by atoms with Crippen LogP contribution in [0.3, 0.4) is 0 Å². The molecule has 1 saturated carbocycles. The van der Waals surface area contributed by atoms with E-state index in [1.54, 1.807) is 0 Å². The summed E-state index contributed by atoms with van der Waals surface area (Å²) in [5, 5.41) is 8.72. The molecule has 2 bridgehead atoms. The number of carboxylic acid groups (broad SMARTS) is 1. The zero-order valence-electron chi connectivity index (χ0n) is 6.81. The van der Waals surface area contributed by atoms with Crippen LogP contribution in [-0.2, 0) is 4.79 Å². The van der Waals surface area contributed by atoms with Crippen LogP contribution in [0.25, 0.3) is 0 Å². The molecule has 2 aliphatic carbocycles. The molecule has 2 rings (SSSR count). The molecule has 12 heavy (non-hydrogen) atoms. The minimum Gasteiger partial charge on any atom is -0.480 e. The van der Waals surface area contributed by atoms with Gasteiger partial charge in [0, 0.05) is 0 Å². The molecule has 3 heteroatoms. The molecule has 0 aromatic carbocycles. The fraction of sp³-hybridized carbons (Fsp3) is 0.667. The summed E-state index contributed by atoms with van der Waals surface area (Å²) in [7, 11) is 0. The Balaban J connectivity index is 2.07. The molecule has 0 aromatic rings. The number of hydrogen-bond acceptors (Lipinski definition) is 2. The van der Waals surface area contributed by atoms with Crippen LogP contribution in [0.15, 0.2) is 12.2 Å². The van der Waals surface area contributed by atoms with Gasteiger partial charge in [-0.25, -0.2) is 0 Å². The van der Waals surface area contributed by atoms with Gasteiger partial charge in [0.05, 0.1) is 0 Å². The Labute approximate surface area is 71.3 Å². The largest absolute Gasteiger partial charge is 0.480 e. The van der Waals surface area contributed by atoms with E-state index < -0.39 is 12.0 Å². The van der Waals surface area contributed by atoms with Gasteiger partial charge in [-0.2, -0.15) is 0 Å². The van der Waals surface area contributed by atoms with Gasteiger partial charge < -0.3 is 10.8 Å². The lowest BCUT2D eigenvalue weighted by atomic mass is 9.87. The second-order valence-corrected chi connectivity index (χ2v) is 3.81. The first-order valence-electron chi connectivity index (χ1n) is 4.35. The lowest BCUT2D eigenvalue weighted by Crippen LogP contribution is -2.39. The van der Waals surface area contributed by atoms with Crippen molar-refractivity contribution in [1.82, 2.24) is 0 Å². The van der Waals surface area contributed by atoms with Gasteiger partial charge in [-0.15, -0.1) is 0 Å². The van der Waals surface area contributed by atoms with Crippen LogP contribution in [0.1, 0.15) is 12.8 Å². The number of nitrogens with two attached hydrogens (primary N) is 1. The van der Waals surface area contributed by atoms with E-state index in [0.29, 0.717) is 11.8 Å². The molecule has 1 fully saturated rings. The second kappa shape index (κ2) is 2.59. The first kappa shape index (κ1) is 7.80. The van der Waals surface area contributed by atoms with Crippen molar-refractivity contribution in [3.05, 3.63) is 12.2 Å². The van der Waals surface area contributed by atoms with E-state index in [4.69, 9.17) is 10.8 Å². The number of carboxylic acids is 1. The summed E-state index contributed by atoms with van der Waals surface area (Å²) in [4.78, 5) is 10.6. The standard InChI is InChI=1S/C9H13NO2/c10-8(9(11)12)7-4-5-1-2-6(7)3-5/h1-2,5-8H,3-4,10H2,(H,11,12)/t5?,6?,7?,8-/m0/s1. The Bertz CT molecular complexity index is 237. The average molecular weight is 167 g/mol. The molecule has 66 valence electrons. The summed E-state index contributed by atoms with van der Waals surface area (Å²) >= 11 is 0. The highest BCUT2D eigenvalue weighted by molar-refractivity contribution is 5.73. The number of hydrogen-bond donors (Lipinski definition) is 2. The summed E-state index contributed by atoms with van der Waals surface area (Å²) < 4.78 is 0. The van der Waals surface area contributed by atoms with E-state index in [9.17, 15) is 4.79 Å². The highest BCUT2D eigenvalue weighted by Gasteiger charge is 2.40. The normalized spacial score (nSPS) is 40.2. The van der Waals surface area contributed by atoms with Crippen LogP contribution < -0.4 is 5.73 Å². The van der Waals surface area contributed by atoms with Crippen molar-refractivity contribution in [2.24, 2.45) is 23.5 Å². The molecule has 3 nitrogen and oxygen atoms in total. The molecule has 3 unspecified atom stereocenters. The van der Waals surface area contributed by atoms with Crippen molar-refractivity contribution in [3.63, 3.8) is 0 Å². The molecule has 3 N–H and O–H groups in total. The minimum absolute atomic E-state index is 0.178. The fourth-order valence-electron chi connectivity index (χ4n) is 2.42. The maximum atomic E-state index is 10.6. The molecule has 0 spiro atoms. The van der Waals surface area contributed by atoms with Crippen LogP contribution in [0, 0.1) is 17.8 Å². The van der Waals surface area contributed by atoms with E-state index in [0.717, 1.165) is 12.8 Å². The van der Waals surface area contributed by atoms with Crippen molar-refractivity contribution < 1.29 is 9.90 Å². The van der Waals surface area contributed by atoms with Gasteiger partial charge in [0.15, 0.2) is 0 Å². The van der Waals surface area contributed by atoms with E-state index >= 15 is 0 Å². The molecular formula is C9H13NO2. The van der Waals surface area contributed by atoms with Crippen molar-refractivity contribution in [1.29, 1.82) is 0 Å². The number of aliphatic carboxylic acids is 1. The van der Waals surface area contributed by atoms with Gasteiger partial charge in [-0.1, -0.05) is 12.2 Å². The first-order valence-corrected chi connectivity index (χ1v) is 4.35. The lowest BCUT2D eigenvalue weighted by molar-refractivity contribution is -0.140. The van der Waals surface area contributed by atoms with Gasteiger partial charge in [0.25, 0.3) is 0 Å². The molecule has 0 radical (unpaired) electrons. The van der Waals surface area contributed by atoms with Gasteiger partial charge in [-0.05, 0) is 30.6 Å². The molecule has 0 heterocycles. The summed E-state index contributed by atoms with van der Waals surface area (Å²) in [6, 6.07) is -0.662. The summed E-state index contributed by atoms with van der Waals surface area (Å²) in [5.41, 5.74) is 5.57. The number of rotatable bonds is 2. The van der Waals surface area contributed by atoms with Gasteiger partial charge >= 0.3 is 5.97 Å². The fourth-order valence-corrected chi connectivity index (χ4v) is 2.42. The predicted octanol–water partition coefficient (Wildman–Crippen LogP) is 0.610. The third kappa shape index (κ3) is 1.05. The average Bonchev–Trinajstić information content (AvgIpc) is 2.62. The van der Waals surface area contributed by atoms with E-state index in [2.05, 4.69) is 12.2 Å². The van der Waals surface area contributed by atoms with Crippen LogP contribution in [0.5, 0.6) is 0 Å². The Morgan fingerprint density at radius 1 is 1.50 bits per heavy atom. The topological polar surface area (TPSA) is 63.3 Å². The smallest absolute Gasteiger partial charge is 0.320 e. The van der Waals surface area contributed by atoms with Gasteiger partial charge in [-0.3, -0.25) is 4.79 Å². The number of fused-ring (bicyclic) bond motifs is 2. The van der Waals surface area contributed by atoms with Crippen molar-refractivity contribution in [2.45, 2.75) is 18.9 Å². The molecule has 2 aliphatic rings. The second-order valence-electron chi connectivity index (χ2n) is 3.81. The third-order valence-electron chi connectivity index (χ3n) is 3.08. The maximum absolute atomic E-state index is 10.6. The molecule has 4 atom stereocenters. The van der Waals surface area contributed by atoms with Crippen LogP contribution in [-0.4, -0.2) is 17.1 Å². The Morgan fingerprint density at radius 3 is 2.67 bits per heavy atom. The zero-order valence-corrected chi connectivity index (χ0v) is 6.81. The van der Waals surface area contributed by atoms with Crippen LogP contribution >= 0.6 is 0 Å². The number of allylic oxidation sites excluding steroid dienone is 2. The SMILES string of the molecule is N[C@H](C(=O)O)C1CC2C=CC1C2. The Hall–Kier alpha value is -0.830. The van der Waals surface area contributed by atoms with E-state index in [-0.39, 0.29) is 5.92 Å². The highest BCUT2D eigenvalue weighted by atomic mass is 16.4. The van der Waals surface area contributed by atoms with E-state index in [1.807, 2.05) is 0 Å². The predicted molar refractivity (Wildman–Crippen MR) is 44.5 cm³/mol. The zero-order chi connectivity index (χ0) is 8.72. The van der Waals surface area contributed by atoms with Gasteiger partial charge in [0.1, 0.15) is 6.04 Å². The molecule has 0 aliphatic heterocycles. The first-order chi connectivity index (χ1) is 5.68. The van der Waals surface area contributed by atoms with E-state index in [1.165, 1.54) is 0 Å². The third-order valence-corrected chi connectivity index (χ3v) is 3.08. The van der Waals surface area contributed by atoms with Crippen molar-refractivity contribution in [3.8, 4) is 0 Å². The minimum atomic E-state index is -0.860. The maximum Gasteiger partial charge on any atom is 0.320 e. The molecule has 0 aromatic heterocycles. The highest BCUT2D eigenvalue weighted by Crippen LogP contribution is 2.44. The van der Waals surface area contributed by atoms with Crippen molar-refractivity contribution in [2.75, 3.05) is 0 Å². The molecule has 0 saturated heterocycles. The summed E-state index contributed by atoms with van der Waals surface area (Å²) in [5.74, 6) is 0.352.